The SMILES string of the molecule is C=S(=O)(O)CCCN(C)CCC(C)C.C=S(=O)(O)CCN(C)CCC(C)C.CC(=O)COCCOCCN(C)CCC(C)C.CC(C)CCN(C)CC(C)CO.CCC1OC(Cc2ccc(CN(C)CCC(C)C)cc2)C(O)C(O)C1O.CCC1OC(O)C(CS(=O)(=O)CCN(C)CCC(C)C)C(O)C1O.CCC1OC(O)C(NS(=O)(=O)c2ccc(CN(C)CCC(C)C)cc2)C(O)C1O. The molecule has 0 aromatic heterocycles. The first kappa shape index (κ1) is 134. The lowest BCUT2D eigenvalue weighted by Gasteiger charge is -2.40. The van der Waals surface area contributed by atoms with E-state index in [1.165, 1.54) is 50.3 Å². The van der Waals surface area contributed by atoms with Gasteiger partial charge in [-0.1, -0.05) is 161 Å². The number of hydrogen-bond acceptors (Lipinski definition) is 29. The monoisotopic (exact) mass is 2010 g/mol. The lowest BCUT2D eigenvalue weighted by Crippen LogP contribution is -2.63. The first-order valence-corrected chi connectivity index (χ1v) is 56.3. The van der Waals surface area contributed by atoms with E-state index in [9.17, 15) is 76.0 Å². The molecule has 0 saturated carbocycles. The molecule has 135 heavy (non-hydrogen) atoms. The fourth-order valence-corrected chi connectivity index (χ4v) is 18.1. The Morgan fingerprint density at radius 3 is 1.16 bits per heavy atom. The first-order valence-electron chi connectivity index (χ1n) is 49.3. The summed E-state index contributed by atoms with van der Waals surface area (Å²) in [4.78, 5) is 25.9. The van der Waals surface area contributed by atoms with Crippen LogP contribution in [0.4, 0.5) is 0 Å². The predicted molar refractivity (Wildman–Crippen MR) is 551 cm³/mol. The molecule has 3 aliphatic heterocycles. The second kappa shape index (κ2) is 72.3. The van der Waals surface area contributed by atoms with Crippen LogP contribution in [0.5, 0.6) is 0 Å². The number of carbonyl (C=O) groups excluding carboxylic acids is 1. The van der Waals surface area contributed by atoms with Gasteiger partial charge in [-0.25, -0.2) is 30.0 Å². The number of sulfonamides is 1. The third kappa shape index (κ3) is 66.6. The van der Waals surface area contributed by atoms with E-state index in [-0.39, 0.29) is 28.8 Å². The molecule has 5 rings (SSSR count). The van der Waals surface area contributed by atoms with Crippen LogP contribution < -0.4 is 4.72 Å². The largest absolute Gasteiger partial charge is 0.396 e. The van der Waals surface area contributed by atoms with Crippen LogP contribution in [0.2, 0.25) is 0 Å². The standard InChI is InChI=1S/C21H35NO4.C20H34N2O6S.C16H33NO6S.C13H27NO3.C10H23NO2S.C10H23NO.C9H21NO2S/c1-5-17-19(23)21(25)20(24)18(26-17)12-15-6-8-16(9-7-15)13-22(4)11-10-14(2)3;1-5-16-18(23)19(24)17(20(25)28-16)21-29(26,27)15-8-6-14(7-9-15)12-22(4)11-10-13(2)3;1-5-13-15(19)14(18)12(16(20)23-13)10-24(21,22)9-8-17(4)7-6-11(2)3;1-12(2)5-6-14(4)7-8-16-9-10-17-11-13(3)15;1-10(2)6-8-11(3)7-5-9-14(4,12)13;1-9(2)5-6-11(4)7-10(3)8-12;1-9(2)5-6-10(3)7-8-13(4,11)12/h6-9,14,17-21,23-25H,5,10-13H2,1-4H3;6-9,13,16-21,23-25H,5,10-12H2,1-4H3;11-16,18-20H,5-10H2,1-4H3;12H,5-11H2,1-4H3;10H,4-9H2,1-3H3,(H,12,13);9-10,12H,5-8H2,1-4H3;9H,4-8H2,1-3H3,(H,11,12). The van der Waals surface area contributed by atoms with Crippen LogP contribution in [0.15, 0.2) is 53.4 Å². The molecule has 18 unspecified atom stereocenters. The molecule has 3 saturated heterocycles. The van der Waals surface area contributed by atoms with Crippen LogP contribution >= 0.6 is 0 Å². The summed E-state index contributed by atoms with van der Waals surface area (Å²) in [7, 11) is 1.21. The molecule has 13 N–H and O–H groups in total. The Morgan fingerprint density at radius 1 is 0.407 bits per heavy atom. The highest BCUT2D eigenvalue weighted by molar-refractivity contribution is 7.95. The molecule has 18 atom stereocenters. The Morgan fingerprint density at radius 2 is 0.756 bits per heavy atom. The Hall–Kier alpha value is -2.95. The summed E-state index contributed by atoms with van der Waals surface area (Å²) in [6.07, 6.45) is -3.15. The lowest BCUT2D eigenvalue weighted by atomic mass is 9.90. The summed E-state index contributed by atoms with van der Waals surface area (Å²) in [6.45, 7) is 54.6. The van der Waals surface area contributed by atoms with E-state index in [0.29, 0.717) is 106 Å². The number of ether oxygens (including phenoxy) is 5. The predicted octanol–water partition coefficient (Wildman–Crippen LogP) is 8.35. The Labute approximate surface area is 819 Å². The Balaban J connectivity index is 0. The van der Waals surface area contributed by atoms with Gasteiger partial charge in [-0.3, -0.25) is 4.79 Å². The molecule has 0 bridgehead atoms. The average Bonchev–Trinajstić information content (AvgIpc) is 0.790. The van der Waals surface area contributed by atoms with Crippen molar-refractivity contribution in [2.75, 3.05) is 184 Å². The van der Waals surface area contributed by atoms with E-state index >= 15 is 0 Å². The average molecular weight is 2010 g/mol. The molecule has 0 spiro atoms. The number of nitrogens with one attached hydrogen (secondary N) is 1. The highest BCUT2D eigenvalue weighted by atomic mass is 32.2. The number of likely N-dealkylation sites (N-methyl/N-ethyl adjacent to an activating group) is 1. The minimum absolute atomic E-state index is 0.0117. The molecule has 0 radical (unpaired) electrons. The normalized spacial score (nSPS) is 23.4. The van der Waals surface area contributed by atoms with Crippen molar-refractivity contribution in [3.05, 3.63) is 65.2 Å². The summed E-state index contributed by atoms with van der Waals surface area (Å²) < 4.78 is 119. The molecular weight excluding hydrogens is 1810 g/mol. The van der Waals surface area contributed by atoms with Crippen molar-refractivity contribution >= 4 is 57.0 Å². The maximum atomic E-state index is 12.7. The van der Waals surface area contributed by atoms with Crippen LogP contribution in [0.25, 0.3) is 0 Å². The smallest absolute Gasteiger partial charge is 0.241 e. The van der Waals surface area contributed by atoms with Crippen molar-refractivity contribution in [1.29, 1.82) is 0 Å². The number of nitrogens with zero attached hydrogens (tertiary/aromatic N) is 7. The van der Waals surface area contributed by atoms with Gasteiger partial charge in [0, 0.05) is 58.0 Å². The quantitative estimate of drug-likeness (QED) is 0.0218. The van der Waals surface area contributed by atoms with Gasteiger partial charge in [0.2, 0.25) is 10.0 Å². The molecule has 32 nitrogen and oxygen atoms in total. The van der Waals surface area contributed by atoms with Crippen LogP contribution in [-0.2, 0) is 87.5 Å². The van der Waals surface area contributed by atoms with Gasteiger partial charge in [0.15, 0.2) is 28.2 Å². The number of ketones is 1. The van der Waals surface area contributed by atoms with Gasteiger partial charge in [0.05, 0.1) is 98.0 Å². The van der Waals surface area contributed by atoms with Crippen LogP contribution in [-0.4, -0.2) is 407 Å². The maximum Gasteiger partial charge on any atom is 0.241 e. The summed E-state index contributed by atoms with van der Waals surface area (Å²) in [6, 6.07) is 13.4. The molecule has 0 amide bonds. The number of sulfone groups is 1. The highest BCUT2D eigenvalue weighted by Crippen LogP contribution is 2.30. The molecule has 800 valence electrons. The molecule has 0 aliphatic carbocycles. The molecule has 2 aromatic carbocycles. The van der Waals surface area contributed by atoms with E-state index in [1.807, 2.05) is 40.0 Å². The first-order chi connectivity index (χ1) is 62.6. The zero-order chi connectivity index (χ0) is 104. The van der Waals surface area contributed by atoms with Gasteiger partial charge < -0.3 is 118 Å². The van der Waals surface area contributed by atoms with E-state index in [4.69, 9.17) is 37.9 Å². The van der Waals surface area contributed by atoms with Gasteiger partial charge in [0.1, 0.15) is 49.3 Å². The van der Waals surface area contributed by atoms with Crippen molar-refractivity contribution in [1.82, 2.24) is 39.0 Å². The fourth-order valence-electron chi connectivity index (χ4n) is 13.9. The molecule has 3 fully saturated rings. The van der Waals surface area contributed by atoms with Crippen LogP contribution in [0.1, 0.15) is 219 Å². The summed E-state index contributed by atoms with van der Waals surface area (Å²) in [5, 5.41) is 99.5. The van der Waals surface area contributed by atoms with Gasteiger partial charge in [-0.2, -0.15) is 0 Å². The van der Waals surface area contributed by atoms with Crippen molar-refractivity contribution in [3.8, 4) is 0 Å². The van der Waals surface area contributed by atoms with Crippen molar-refractivity contribution in [2.45, 2.75) is 312 Å². The molecule has 36 heteroatoms. The number of benzene rings is 2. The zero-order valence-corrected chi connectivity index (χ0v) is 91.4. The van der Waals surface area contributed by atoms with Gasteiger partial charge in [0.25, 0.3) is 0 Å². The number of aliphatic hydroxyl groups is 10. The molecular formula is C99H196N8O24S4. The minimum atomic E-state index is -4.01. The summed E-state index contributed by atoms with van der Waals surface area (Å²) >= 11 is 0. The van der Waals surface area contributed by atoms with Crippen molar-refractivity contribution in [3.63, 3.8) is 0 Å². The van der Waals surface area contributed by atoms with Crippen molar-refractivity contribution < 1.29 is 114 Å². The van der Waals surface area contributed by atoms with Gasteiger partial charge in [-0.05, 0) is 267 Å². The minimum Gasteiger partial charge on any atom is -0.396 e. The van der Waals surface area contributed by atoms with Crippen LogP contribution in [0.3, 0.4) is 0 Å². The van der Waals surface area contributed by atoms with E-state index < -0.39 is 137 Å². The van der Waals surface area contributed by atoms with E-state index in [1.54, 1.807) is 26.0 Å². The van der Waals surface area contributed by atoms with Crippen molar-refractivity contribution in [2.24, 2.45) is 53.3 Å². The molecule has 2 aromatic rings. The number of rotatable bonds is 56. The fraction of sp³-hybridized carbons (Fsp3) is 0.848. The number of hydrogen-bond donors (Lipinski definition) is 13. The highest BCUT2D eigenvalue weighted by Gasteiger charge is 2.47. The Bertz CT molecular complexity index is 3770. The van der Waals surface area contributed by atoms with Gasteiger partial charge >= 0.3 is 0 Å². The second-order valence-corrected chi connectivity index (χ2v) is 48.6. The molecule has 3 aliphatic rings. The van der Waals surface area contributed by atoms with E-state index in [2.05, 4.69) is 195 Å². The third-order valence-electron chi connectivity index (χ3n) is 23.4. The van der Waals surface area contributed by atoms with Gasteiger partial charge in [-0.15, -0.1) is 0 Å². The topological polar surface area (TPSA) is 443 Å². The van der Waals surface area contributed by atoms with E-state index in [0.717, 1.165) is 127 Å². The summed E-state index contributed by atoms with van der Waals surface area (Å²) in [5.74, 6) is 10.8. The number of aliphatic hydroxyl groups excluding tert-OH is 10. The lowest BCUT2D eigenvalue weighted by molar-refractivity contribution is -0.259. The third-order valence-corrected chi connectivity index (χ3v) is 28.3. The van der Waals surface area contributed by atoms with Crippen LogP contribution in [0, 0.1) is 53.3 Å². The Kier molecular flexibility index (Phi) is 71.8. The second-order valence-electron chi connectivity index (χ2n) is 40.8. The number of carbonyl (C=O) groups is 1. The molecule has 3 heterocycles. The summed E-state index contributed by atoms with van der Waals surface area (Å²) in [5.41, 5.74) is 3.30. The zero-order valence-electron chi connectivity index (χ0n) is 88.1. The maximum absolute atomic E-state index is 12.7. The number of Topliss-reactive ketones (excluding diaryl/α,β-unsaturated/α-hetero) is 1.